The van der Waals surface area contributed by atoms with E-state index in [2.05, 4.69) is 25.6 Å². The second-order valence-corrected chi connectivity index (χ2v) is 5.46. The van der Waals surface area contributed by atoms with Crippen LogP contribution in [-0.4, -0.2) is 30.9 Å². The normalized spacial score (nSPS) is 10.8. The molecule has 0 aliphatic rings. The SMILES string of the molecule is Cn1cc(CCC(=O)Nc2ccc(-c3n[nH]c(CN)n3)cc2)cn1. The Bertz CT molecular complexity index is 819. The summed E-state index contributed by atoms with van der Waals surface area (Å²) in [5.74, 6) is 1.19. The van der Waals surface area contributed by atoms with Gasteiger partial charge >= 0.3 is 0 Å². The topological polar surface area (TPSA) is 115 Å². The van der Waals surface area contributed by atoms with Gasteiger partial charge in [0.2, 0.25) is 5.91 Å². The lowest BCUT2D eigenvalue weighted by Crippen LogP contribution is -2.12. The van der Waals surface area contributed by atoms with Crippen molar-refractivity contribution in [3.05, 3.63) is 48.0 Å². The Morgan fingerprint density at radius 1 is 1.33 bits per heavy atom. The lowest BCUT2D eigenvalue weighted by Gasteiger charge is -2.05. The molecule has 2 aromatic heterocycles. The number of nitrogens with zero attached hydrogens (tertiary/aromatic N) is 4. The van der Waals surface area contributed by atoms with Gasteiger partial charge in [-0.15, -0.1) is 0 Å². The number of amides is 1. The zero-order valence-corrected chi connectivity index (χ0v) is 13.4. The predicted molar refractivity (Wildman–Crippen MR) is 89.9 cm³/mol. The minimum Gasteiger partial charge on any atom is -0.326 e. The van der Waals surface area contributed by atoms with Crippen LogP contribution in [0, 0.1) is 0 Å². The summed E-state index contributed by atoms with van der Waals surface area (Å²) in [5.41, 5.74) is 8.15. The van der Waals surface area contributed by atoms with Crippen LogP contribution in [0.15, 0.2) is 36.7 Å². The smallest absolute Gasteiger partial charge is 0.224 e. The van der Waals surface area contributed by atoms with Gasteiger partial charge in [-0.25, -0.2) is 4.98 Å². The molecule has 0 atom stereocenters. The van der Waals surface area contributed by atoms with Crippen LogP contribution in [0.5, 0.6) is 0 Å². The standard InChI is InChI=1S/C16H19N7O/c1-23-10-11(9-18-23)2-7-15(24)19-13-5-3-12(4-6-13)16-20-14(8-17)21-22-16/h3-6,9-10H,2,7-8,17H2,1H3,(H,19,24)(H,20,21,22). The molecule has 8 heteroatoms. The number of carbonyl (C=O) groups excluding carboxylic acids is 1. The van der Waals surface area contributed by atoms with E-state index in [0.717, 1.165) is 16.8 Å². The summed E-state index contributed by atoms with van der Waals surface area (Å²) < 4.78 is 1.73. The third-order valence-corrected chi connectivity index (χ3v) is 3.55. The minimum atomic E-state index is -0.0325. The van der Waals surface area contributed by atoms with Gasteiger partial charge in [0.15, 0.2) is 5.82 Å². The van der Waals surface area contributed by atoms with Crippen molar-refractivity contribution in [2.75, 3.05) is 5.32 Å². The molecular weight excluding hydrogens is 306 g/mol. The Balaban J connectivity index is 1.56. The summed E-state index contributed by atoms with van der Waals surface area (Å²) in [6, 6.07) is 7.38. The largest absolute Gasteiger partial charge is 0.326 e. The van der Waals surface area contributed by atoms with Crippen LogP contribution in [0.4, 0.5) is 5.69 Å². The Morgan fingerprint density at radius 2 is 2.12 bits per heavy atom. The molecule has 0 saturated heterocycles. The molecule has 0 fully saturated rings. The van der Waals surface area contributed by atoms with E-state index in [1.165, 1.54) is 0 Å². The van der Waals surface area contributed by atoms with E-state index in [4.69, 9.17) is 5.73 Å². The average Bonchev–Trinajstić information content (AvgIpc) is 3.22. The predicted octanol–water partition coefficient (Wildman–Crippen LogP) is 1.24. The highest BCUT2D eigenvalue weighted by atomic mass is 16.1. The molecule has 0 bridgehead atoms. The fraction of sp³-hybridized carbons (Fsp3) is 0.250. The zero-order chi connectivity index (χ0) is 16.9. The highest BCUT2D eigenvalue weighted by Gasteiger charge is 2.07. The molecule has 3 rings (SSSR count). The van der Waals surface area contributed by atoms with Gasteiger partial charge in [-0.3, -0.25) is 14.6 Å². The van der Waals surface area contributed by atoms with Crippen molar-refractivity contribution >= 4 is 11.6 Å². The quantitative estimate of drug-likeness (QED) is 0.631. The number of hydrogen-bond acceptors (Lipinski definition) is 5. The number of hydrogen-bond donors (Lipinski definition) is 3. The third kappa shape index (κ3) is 3.85. The van der Waals surface area contributed by atoms with Crippen molar-refractivity contribution < 1.29 is 4.79 Å². The van der Waals surface area contributed by atoms with E-state index < -0.39 is 0 Å². The summed E-state index contributed by atoms with van der Waals surface area (Å²) in [6.45, 7) is 0.318. The van der Waals surface area contributed by atoms with E-state index >= 15 is 0 Å². The van der Waals surface area contributed by atoms with Crippen LogP contribution >= 0.6 is 0 Å². The second kappa shape index (κ2) is 7.05. The maximum Gasteiger partial charge on any atom is 0.224 e. The summed E-state index contributed by atoms with van der Waals surface area (Å²) in [6.07, 6.45) is 4.76. The van der Waals surface area contributed by atoms with Crippen molar-refractivity contribution in [1.29, 1.82) is 0 Å². The number of aromatic nitrogens is 5. The lowest BCUT2D eigenvalue weighted by atomic mass is 10.1. The molecular formula is C16H19N7O. The first-order chi connectivity index (χ1) is 11.6. The van der Waals surface area contributed by atoms with Gasteiger partial charge in [0, 0.05) is 30.9 Å². The Hall–Kier alpha value is -3.00. The molecule has 0 saturated carbocycles. The van der Waals surface area contributed by atoms with Gasteiger partial charge in [-0.05, 0) is 36.2 Å². The highest BCUT2D eigenvalue weighted by Crippen LogP contribution is 2.18. The van der Waals surface area contributed by atoms with Crippen molar-refractivity contribution in [1.82, 2.24) is 25.0 Å². The van der Waals surface area contributed by atoms with Crippen LogP contribution in [0.1, 0.15) is 17.8 Å². The van der Waals surface area contributed by atoms with Crippen molar-refractivity contribution in [3.8, 4) is 11.4 Å². The molecule has 24 heavy (non-hydrogen) atoms. The number of rotatable bonds is 6. The molecule has 0 unspecified atom stereocenters. The van der Waals surface area contributed by atoms with Gasteiger partial charge in [0.1, 0.15) is 5.82 Å². The monoisotopic (exact) mass is 325 g/mol. The van der Waals surface area contributed by atoms with Crippen molar-refractivity contribution in [2.24, 2.45) is 12.8 Å². The number of benzene rings is 1. The van der Waals surface area contributed by atoms with Crippen LogP contribution in [-0.2, 0) is 24.8 Å². The Labute approximate surface area is 139 Å². The maximum atomic E-state index is 12.0. The van der Waals surface area contributed by atoms with Gasteiger partial charge in [0.05, 0.1) is 12.7 Å². The molecule has 0 aliphatic heterocycles. The van der Waals surface area contributed by atoms with Crippen LogP contribution in [0.25, 0.3) is 11.4 Å². The fourth-order valence-electron chi connectivity index (χ4n) is 2.30. The number of anilines is 1. The molecule has 4 N–H and O–H groups in total. The summed E-state index contributed by atoms with van der Waals surface area (Å²) >= 11 is 0. The van der Waals surface area contributed by atoms with Crippen LogP contribution in [0.2, 0.25) is 0 Å². The summed E-state index contributed by atoms with van der Waals surface area (Å²) in [4.78, 5) is 16.3. The average molecular weight is 325 g/mol. The number of nitrogens with one attached hydrogen (secondary N) is 2. The molecule has 8 nitrogen and oxygen atoms in total. The number of aromatic amines is 1. The van der Waals surface area contributed by atoms with E-state index in [9.17, 15) is 4.79 Å². The van der Waals surface area contributed by atoms with Crippen LogP contribution in [0.3, 0.4) is 0 Å². The second-order valence-electron chi connectivity index (χ2n) is 5.46. The first-order valence-electron chi connectivity index (χ1n) is 7.63. The van der Waals surface area contributed by atoms with Gasteiger partial charge in [-0.1, -0.05) is 0 Å². The number of carbonyl (C=O) groups is 1. The van der Waals surface area contributed by atoms with Gasteiger partial charge < -0.3 is 11.1 Å². The molecule has 3 aromatic rings. The lowest BCUT2D eigenvalue weighted by molar-refractivity contribution is -0.116. The van der Waals surface area contributed by atoms with E-state index in [1.54, 1.807) is 10.9 Å². The Kier molecular flexibility index (Phi) is 4.66. The van der Waals surface area contributed by atoms with Crippen molar-refractivity contribution in [2.45, 2.75) is 19.4 Å². The Morgan fingerprint density at radius 3 is 2.75 bits per heavy atom. The molecule has 124 valence electrons. The highest BCUT2D eigenvalue weighted by molar-refractivity contribution is 5.91. The number of H-pyrrole nitrogens is 1. The zero-order valence-electron chi connectivity index (χ0n) is 13.4. The first-order valence-corrected chi connectivity index (χ1v) is 7.63. The van der Waals surface area contributed by atoms with Gasteiger partial charge in [-0.2, -0.15) is 10.2 Å². The number of nitrogens with two attached hydrogens (primary N) is 1. The number of aryl methyl sites for hydroxylation is 2. The maximum absolute atomic E-state index is 12.0. The fourth-order valence-corrected chi connectivity index (χ4v) is 2.30. The van der Waals surface area contributed by atoms with Crippen molar-refractivity contribution in [3.63, 3.8) is 0 Å². The molecule has 1 aromatic carbocycles. The van der Waals surface area contributed by atoms with Crippen LogP contribution < -0.4 is 11.1 Å². The first kappa shape index (κ1) is 15.9. The minimum absolute atomic E-state index is 0.0325. The molecule has 0 radical (unpaired) electrons. The third-order valence-electron chi connectivity index (χ3n) is 3.55. The molecule has 2 heterocycles. The van der Waals surface area contributed by atoms with E-state index in [1.807, 2.05) is 37.5 Å². The molecule has 1 amide bonds. The summed E-state index contributed by atoms with van der Waals surface area (Å²) in [5, 5.41) is 13.8. The van der Waals surface area contributed by atoms with E-state index in [-0.39, 0.29) is 5.91 Å². The molecule has 0 spiro atoms. The van der Waals surface area contributed by atoms with E-state index in [0.29, 0.717) is 31.0 Å². The molecule has 0 aliphatic carbocycles. The van der Waals surface area contributed by atoms with Gasteiger partial charge in [0.25, 0.3) is 0 Å². The summed E-state index contributed by atoms with van der Waals surface area (Å²) in [7, 11) is 1.86.